The highest BCUT2D eigenvalue weighted by Crippen LogP contribution is 2.43. The molecule has 0 saturated heterocycles. The minimum absolute atomic E-state index is 0.154. The van der Waals surface area contributed by atoms with Gasteiger partial charge in [-0.3, -0.25) is 23.4 Å². The molecule has 0 aliphatic rings. The average molecular weight is 706 g/mol. The fourth-order valence-corrected chi connectivity index (χ4v) is 5.76. The molecular weight excluding hydrogens is 637 g/mol. The number of hydrogen-bond donors (Lipinski definition) is 3. The van der Waals surface area contributed by atoms with Crippen LogP contribution in [-0.2, 0) is 37.5 Å². The Hall–Kier alpha value is -1.78. The van der Waals surface area contributed by atoms with E-state index in [1.165, 1.54) is 70.6 Å². The molecule has 48 heavy (non-hydrogen) atoms. The molecule has 0 heterocycles. The van der Waals surface area contributed by atoms with Crippen LogP contribution in [0.4, 0.5) is 0 Å². The average Bonchev–Trinajstić information content (AvgIpc) is 3.05. The van der Waals surface area contributed by atoms with Crippen LogP contribution in [0.15, 0.2) is 12.2 Å². The van der Waals surface area contributed by atoms with Crippen molar-refractivity contribution < 1.29 is 47.5 Å². The third-order valence-electron chi connectivity index (χ3n) is 8.01. The maximum absolute atomic E-state index is 12.5. The van der Waals surface area contributed by atoms with Gasteiger partial charge < -0.3 is 25.2 Å². The van der Waals surface area contributed by atoms with Crippen molar-refractivity contribution in [1.82, 2.24) is 0 Å². The summed E-state index contributed by atoms with van der Waals surface area (Å²) in [6, 6.07) is -1.52. The molecule has 0 aromatic heterocycles. The summed E-state index contributed by atoms with van der Waals surface area (Å²) in [6.07, 6.45) is 28.6. The third kappa shape index (κ3) is 31.5. The van der Waals surface area contributed by atoms with Gasteiger partial charge in [-0.25, -0.2) is 4.57 Å². The van der Waals surface area contributed by atoms with Crippen LogP contribution in [-0.4, -0.2) is 59.9 Å². The summed E-state index contributed by atoms with van der Waals surface area (Å²) in [5, 5.41) is 8.84. The van der Waals surface area contributed by atoms with Gasteiger partial charge in [0, 0.05) is 12.8 Å². The van der Waals surface area contributed by atoms with Crippen LogP contribution in [0, 0.1) is 0 Å². The number of unbranched alkanes of at least 4 members (excludes halogenated alkanes) is 19. The summed E-state index contributed by atoms with van der Waals surface area (Å²) in [7, 11) is -4.70. The van der Waals surface area contributed by atoms with Gasteiger partial charge in [-0.15, -0.1) is 0 Å². The standard InChI is InChI=1S/C36H68NO10P/c1-3-5-7-9-11-13-15-16-18-19-21-23-25-27-34(38)44-29-32(30-45-48(42,43)46-31-33(37)36(40)41)47-35(39)28-26-24-22-20-17-14-12-10-8-6-4-2/h10,12,32-33H,3-9,11,13-31,37H2,1-2H3,(H,40,41)(H,42,43)/b12-10-/t32-,33+/m1/s1. The van der Waals surface area contributed by atoms with E-state index in [0.29, 0.717) is 12.8 Å². The Labute approximate surface area is 290 Å². The first-order valence-electron chi connectivity index (χ1n) is 18.7. The molecule has 0 aromatic rings. The minimum atomic E-state index is -4.70. The number of phosphoric ester groups is 1. The third-order valence-corrected chi connectivity index (χ3v) is 8.96. The highest BCUT2D eigenvalue weighted by molar-refractivity contribution is 7.47. The Bertz CT molecular complexity index is 885. The molecule has 1 unspecified atom stereocenters. The molecule has 0 spiro atoms. The highest BCUT2D eigenvalue weighted by atomic mass is 31.2. The van der Waals surface area contributed by atoms with Crippen molar-refractivity contribution in [1.29, 1.82) is 0 Å². The SMILES string of the molecule is CCCC/C=C\CCCCCCCC(=O)O[C@H](COC(=O)CCCCCCCCCCCCCCC)COP(=O)(O)OC[C@H](N)C(=O)O. The fourth-order valence-electron chi connectivity index (χ4n) is 4.99. The van der Waals surface area contributed by atoms with E-state index < -0.39 is 51.1 Å². The van der Waals surface area contributed by atoms with E-state index in [4.69, 9.17) is 24.8 Å². The van der Waals surface area contributed by atoms with Gasteiger partial charge in [-0.1, -0.05) is 135 Å². The molecule has 12 heteroatoms. The summed E-state index contributed by atoms with van der Waals surface area (Å²) >= 11 is 0. The lowest BCUT2D eigenvalue weighted by molar-refractivity contribution is -0.161. The zero-order valence-corrected chi connectivity index (χ0v) is 31.0. The molecule has 0 aromatic carbocycles. The largest absolute Gasteiger partial charge is 0.480 e. The Morgan fingerprint density at radius 2 is 1.06 bits per heavy atom. The van der Waals surface area contributed by atoms with Crippen LogP contribution in [0.2, 0.25) is 0 Å². The maximum atomic E-state index is 12.5. The number of nitrogens with two attached hydrogens (primary N) is 1. The number of rotatable bonds is 35. The van der Waals surface area contributed by atoms with Crippen molar-refractivity contribution in [3.05, 3.63) is 12.2 Å². The van der Waals surface area contributed by atoms with Crippen molar-refractivity contribution >= 4 is 25.7 Å². The van der Waals surface area contributed by atoms with Gasteiger partial charge in [0.05, 0.1) is 13.2 Å². The number of carboxylic acids is 1. The molecule has 3 atom stereocenters. The molecule has 0 aliphatic heterocycles. The van der Waals surface area contributed by atoms with E-state index in [9.17, 15) is 23.8 Å². The van der Waals surface area contributed by atoms with Crippen molar-refractivity contribution in [2.24, 2.45) is 5.73 Å². The van der Waals surface area contributed by atoms with Crippen LogP contribution in [0.1, 0.15) is 168 Å². The van der Waals surface area contributed by atoms with Crippen LogP contribution >= 0.6 is 7.82 Å². The van der Waals surface area contributed by atoms with Gasteiger partial charge in [0.15, 0.2) is 6.10 Å². The molecule has 4 N–H and O–H groups in total. The Morgan fingerprint density at radius 1 is 0.625 bits per heavy atom. The first-order chi connectivity index (χ1) is 23.1. The second-order valence-corrected chi connectivity index (χ2v) is 14.2. The van der Waals surface area contributed by atoms with E-state index in [-0.39, 0.29) is 19.4 Å². The fraction of sp³-hybridized carbons (Fsp3) is 0.861. The van der Waals surface area contributed by atoms with Crippen molar-refractivity contribution in [3.63, 3.8) is 0 Å². The number of ether oxygens (including phenoxy) is 2. The normalized spacial score (nSPS) is 14.1. The lowest BCUT2D eigenvalue weighted by Crippen LogP contribution is -2.34. The molecule has 0 amide bonds. The molecule has 0 aliphatic carbocycles. The number of phosphoric acid groups is 1. The Morgan fingerprint density at radius 3 is 1.58 bits per heavy atom. The van der Waals surface area contributed by atoms with Gasteiger partial charge >= 0.3 is 25.7 Å². The van der Waals surface area contributed by atoms with E-state index >= 15 is 0 Å². The number of carbonyl (C=O) groups excluding carboxylic acids is 2. The number of carbonyl (C=O) groups is 3. The maximum Gasteiger partial charge on any atom is 0.472 e. The minimum Gasteiger partial charge on any atom is -0.480 e. The number of aliphatic carboxylic acids is 1. The number of esters is 2. The number of carboxylic acid groups (broad SMARTS) is 1. The molecular formula is C36H68NO10P. The lowest BCUT2D eigenvalue weighted by atomic mass is 10.0. The van der Waals surface area contributed by atoms with Crippen LogP contribution < -0.4 is 5.73 Å². The molecule has 11 nitrogen and oxygen atoms in total. The lowest BCUT2D eigenvalue weighted by Gasteiger charge is -2.20. The molecule has 282 valence electrons. The van der Waals surface area contributed by atoms with Gasteiger partial charge in [-0.2, -0.15) is 0 Å². The summed E-state index contributed by atoms with van der Waals surface area (Å²) in [5.41, 5.74) is 5.31. The highest BCUT2D eigenvalue weighted by Gasteiger charge is 2.28. The van der Waals surface area contributed by atoms with E-state index in [2.05, 4.69) is 30.5 Å². The van der Waals surface area contributed by atoms with E-state index in [1.807, 2.05) is 0 Å². The second-order valence-electron chi connectivity index (χ2n) is 12.7. The van der Waals surface area contributed by atoms with Crippen molar-refractivity contribution in [2.45, 2.75) is 180 Å². The number of allylic oxidation sites excluding steroid dienone is 2. The Balaban J connectivity index is 4.44. The molecule has 0 fully saturated rings. The van der Waals surface area contributed by atoms with Crippen LogP contribution in [0.25, 0.3) is 0 Å². The zero-order chi connectivity index (χ0) is 35.7. The van der Waals surface area contributed by atoms with E-state index in [0.717, 1.165) is 57.8 Å². The van der Waals surface area contributed by atoms with Gasteiger partial charge in [0.25, 0.3) is 0 Å². The first kappa shape index (κ1) is 46.2. The van der Waals surface area contributed by atoms with Gasteiger partial charge in [0.2, 0.25) is 0 Å². The van der Waals surface area contributed by atoms with Crippen LogP contribution in [0.3, 0.4) is 0 Å². The summed E-state index contributed by atoms with van der Waals surface area (Å²) in [6.45, 7) is 2.73. The van der Waals surface area contributed by atoms with Crippen molar-refractivity contribution in [2.75, 3.05) is 19.8 Å². The number of hydrogen-bond acceptors (Lipinski definition) is 9. The van der Waals surface area contributed by atoms with Gasteiger partial charge in [-0.05, 0) is 32.1 Å². The summed E-state index contributed by atoms with van der Waals surface area (Å²) in [4.78, 5) is 45.6. The summed E-state index contributed by atoms with van der Waals surface area (Å²) < 4.78 is 32.5. The zero-order valence-electron chi connectivity index (χ0n) is 30.1. The summed E-state index contributed by atoms with van der Waals surface area (Å²) in [5.74, 6) is -2.39. The molecule has 0 saturated carbocycles. The van der Waals surface area contributed by atoms with Gasteiger partial charge in [0.1, 0.15) is 12.6 Å². The van der Waals surface area contributed by atoms with E-state index in [1.54, 1.807) is 0 Å². The monoisotopic (exact) mass is 705 g/mol. The molecule has 0 radical (unpaired) electrons. The quantitative estimate of drug-likeness (QED) is 0.0249. The molecule has 0 bridgehead atoms. The first-order valence-corrected chi connectivity index (χ1v) is 20.2. The van der Waals surface area contributed by atoms with Crippen LogP contribution in [0.5, 0.6) is 0 Å². The van der Waals surface area contributed by atoms with Crippen molar-refractivity contribution in [3.8, 4) is 0 Å². The predicted octanol–water partition coefficient (Wildman–Crippen LogP) is 8.95. The molecule has 0 rings (SSSR count). The smallest absolute Gasteiger partial charge is 0.472 e. The topological polar surface area (TPSA) is 172 Å². The second kappa shape index (κ2) is 32.4. The predicted molar refractivity (Wildman–Crippen MR) is 189 cm³/mol. The Kier molecular flexibility index (Phi) is 31.2.